The van der Waals surface area contributed by atoms with Crippen molar-refractivity contribution in [2.45, 2.75) is 24.3 Å². The van der Waals surface area contributed by atoms with Crippen molar-refractivity contribution >= 4 is 49.8 Å². The summed E-state index contributed by atoms with van der Waals surface area (Å²) < 4.78 is 33.7. The second-order valence-corrected chi connectivity index (χ2v) is 12.6. The Balaban J connectivity index is 1.31. The third-order valence-electron chi connectivity index (χ3n) is 7.69. The number of benzene rings is 4. The average Bonchev–Trinajstić information content (AvgIpc) is 3.47. The van der Waals surface area contributed by atoms with Gasteiger partial charge in [-0.25, -0.2) is 22.7 Å². The Bertz CT molecular complexity index is 2090. The van der Waals surface area contributed by atoms with Gasteiger partial charge in [-0.2, -0.15) is 5.10 Å². The number of nitrogens with zero attached hydrogens (tertiary/aromatic N) is 3. The summed E-state index contributed by atoms with van der Waals surface area (Å²) >= 11 is 0. The van der Waals surface area contributed by atoms with Crippen LogP contribution in [-0.2, 0) is 10.0 Å². The van der Waals surface area contributed by atoms with Gasteiger partial charge in [0.1, 0.15) is 5.58 Å². The zero-order chi connectivity index (χ0) is 31.7. The van der Waals surface area contributed by atoms with Crippen molar-refractivity contribution < 1.29 is 17.6 Å². The van der Waals surface area contributed by atoms with Gasteiger partial charge in [-0.15, -0.1) is 0 Å². The average molecular weight is 622 g/mol. The Labute approximate surface area is 260 Å². The molecule has 0 aliphatic carbocycles. The second kappa shape index (κ2) is 11.9. The third-order valence-corrected chi connectivity index (χ3v) is 9.04. The minimum Gasteiger partial charge on any atom is -0.422 e. The highest BCUT2D eigenvalue weighted by Gasteiger charge is 2.32. The third kappa shape index (κ3) is 6.16. The molecule has 0 spiro atoms. The Morgan fingerprint density at radius 3 is 2.33 bits per heavy atom. The molecule has 11 heteroatoms. The van der Waals surface area contributed by atoms with Crippen LogP contribution in [0, 0.1) is 6.92 Å². The summed E-state index contributed by atoms with van der Waals surface area (Å²) in [5.41, 5.74) is 4.87. The number of amides is 2. The van der Waals surface area contributed by atoms with E-state index in [0.717, 1.165) is 22.2 Å². The molecule has 0 radical (unpaired) electrons. The predicted molar refractivity (Wildman–Crippen MR) is 177 cm³/mol. The van der Waals surface area contributed by atoms with Crippen LogP contribution in [0.4, 0.5) is 21.9 Å². The molecule has 228 valence electrons. The molecule has 0 saturated carbocycles. The van der Waals surface area contributed by atoms with Gasteiger partial charge in [0.05, 0.1) is 27.9 Å². The quantitative estimate of drug-likeness (QED) is 0.213. The first kappa shape index (κ1) is 29.6. The number of para-hydroxylation sites is 2. The summed E-state index contributed by atoms with van der Waals surface area (Å²) in [5.74, 6) is 0. The molecule has 1 atom stereocenters. The van der Waals surface area contributed by atoms with Gasteiger partial charge in [0, 0.05) is 37.3 Å². The maximum absolute atomic E-state index is 13.0. The lowest BCUT2D eigenvalue weighted by atomic mass is 9.98. The summed E-state index contributed by atoms with van der Waals surface area (Å²) in [6.45, 7) is 1.81. The number of anilines is 3. The summed E-state index contributed by atoms with van der Waals surface area (Å²) in [6, 6.07) is 29.2. The van der Waals surface area contributed by atoms with Crippen molar-refractivity contribution in [3.8, 4) is 0 Å². The summed E-state index contributed by atoms with van der Waals surface area (Å²) in [4.78, 5) is 27.5. The minimum atomic E-state index is -4.17. The zero-order valence-electron chi connectivity index (χ0n) is 24.9. The van der Waals surface area contributed by atoms with E-state index in [2.05, 4.69) is 10.0 Å². The van der Waals surface area contributed by atoms with Crippen LogP contribution in [0.3, 0.4) is 0 Å². The van der Waals surface area contributed by atoms with Gasteiger partial charge < -0.3 is 14.6 Å². The summed E-state index contributed by atoms with van der Waals surface area (Å²) in [7, 11) is -0.234. The van der Waals surface area contributed by atoms with E-state index in [1.54, 1.807) is 41.4 Å². The molecule has 0 bridgehead atoms. The molecule has 10 nitrogen and oxygen atoms in total. The normalized spacial score (nSPS) is 14.7. The van der Waals surface area contributed by atoms with Crippen molar-refractivity contribution in [1.29, 1.82) is 0 Å². The van der Waals surface area contributed by atoms with Crippen molar-refractivity contribution in [2.75, 3.05) is 29.3 Å². The maximum atomic E-state index is 13.0. The van der Waals surface area contributed by atoms with Crippen LogP contribution in [0.15, 0.2) is 122 Å². The van der Waals surface area contributed by atoms with E-state index in [9.17, 15) is 18.0 Å². The van der Waals surface area contributed by atoms with Crippen molar-refractivity contribution in [1.82, 2.24) is 4.72 Å². The highest BCUT2D eigenvalue weighted by molar-refractivity contribution is 7.90. The molecule has 5 aromatic rings. The number of hydrogen-bond acceptors (Lipinski definition) is 8. The number of aryl methyl sites for hydroxylation is 1. The number of nitrogens with one attached hydrogen (secondary N) is 2. The Kier molecular flexibility index (Phi) is 7.86. The lowest BCUT2D eigenvalue weighted by molar-refractivity contribution is 0.256. The van der Waals surface area contributed by atoms with Crippen LogP contribution >= 0.6 is 0 Å². The van der Waals surface area contributed by atoms with Crippen molar-refractivity contribution in [3.05, 3.63) is 130 Å². The van der Waals surface area contributed by atoms with Crippen LogP contribution in [0.25, 0.3) is 11.0 Å². The van der Waals surface area contributed by atoms with Gasteiger partial charge in [-0.3, -0.25) is 5.01 Å². The predicted octanol–water partition coefficient (Wildman–Crippen LogP) is 6.03. The lowest BCUT2D eigenvalue weighted by Crippen LogP contribution is -2.34. The van der Waals surface area contributed by atoms with E-state index in [4.69, 9.17) is 9.52 Å². The van der Waals surface area contributed by atoms with Crippen LogP contribution in [-0.4, -0.2) is 34.3 Å². The topological polar surface area (TPSA) is 124 Å². The van der Waals surface area contributed by atoms with Gasteiger partial charge >= 0.3 is 11.7 Å². The van der Waals surface area contributed by atoms with Crippen molar-refractivity contribution in [2.24, 2.45) is 5.10 Å². The molecule has 1 aromatic heterocycles. The number of carbonyl (C=O) groups is 1. The van der Waals surface area contributed by atoms with E-state index in [1.165, 1.54) is 12.1 Å². The molecule has 0 fully saturated rings. The standard InChI is InChI=1S/C34H31N5O5S/c1-22-8-4-6-10-29(22)35-34(41)37-45(42,43)27-18-16-26(17-19-27)39-31(23-12-14-25(15-13-23)38(2)3)21-30(36-39)28-20-24-9-5-7-11-32(24)44-33(28)40/h4-20,31H,21H2,1-3H3,(H2,35,37,41). The fourth-order valence-electron chi connectivity index (χ4n) is 5.25. The molecule has 2 heterocycles. The van der Waals surface area contributed by atoms with Gasteiger partial charge in [-0.1, -0.05) is 48.5 Å². The molecule has 1 aliphatic heterocycles. The molecular formula is C34H31N5O5S. The molecule has 6 rings (SSSR count). The molecule has 1 aliphatic rings. The van der Waals surface area contributed by atoms with Crippen LogP contribution in [0.2, 0.25) is 0 Å². The molecule has 4 aromatic carbocycles. The van der Waals surface area contributed by atoms with Gasteiger partial charge in [0.25, 0.3) is 10.0 Å². The number of sulfonamides is 1. The first-order chi connectivity index (χ1) is 21.6. The number of hydrazone groups is 1. The fraction of sp³-hybridized carbons (Fsp3) is 0.147. The maximum Gasteiger partial charge on any atom is 0.345 e. The number of carbonyl (C=O) groups excluding carboxylic acids is 1. The SMILES string of the molecule is Cc1ccccc1NC(=O)NS(=O)(=O)c1ccc(N2N=C(c3cc4ccccc4oc3=O)CC2c2ccc(N(C)C)cc2)cc1. The van der Waals surface area contributed by atoms with Gasteiger partial charge in [-0.05, 0) is 72.6 Å². The van der Waals surface area contributed by atoms with Crippen LogP contribution in [0.5, 0.6) is 0 Å². The van der Waals surface area contributed by atoms with E-state index < -0.39 is 21.7 Å². The Morgan fingerprint density at radius 1 is 0.933 bits per heavy atom. The van der Waals surface area contributed by atoms with E-state index in [0.29, 0.717) is 34.7 Å². The Morgan fingerprint density at radius 2 is 1.62 bits per heavy atom. The zero-order valence-corrected chi connectivity index (χ0v) is 25.7. The highest BCUT2D eigenvalue weighted by atomic mass is 32.2. The van der Waals surface area contributed by atoms with Crippen LogP contribution in [0.1, 0.15) is 29.2 Å². The number of urea groups is 1. The second-order valence-electron chi connectivity index (χ2n) is 11.0. The molecule has 2 amide bonds. The number of rotatable bonds is 7. The van der Waals surface area contributed by atoms with E-state index in [1.807, 2.05) is 80.5 Å². The van der Waals surface area contributed by atoms with E-state index >= 15 is 0 Å². The first-order valence-corrected chi connectivity index (χ1v) is 15.7. The smallest absolute Gasteiger partial charge is 0.345 e. The fourth-order valence-corrected chi connectivity index (χ4v) is 6.16. The molecule has 2 N–H and O–H groups in total. The molecule has 45 heavy (non-hydrogen) atoms. The lowest BCUT2D eigenvalue weighted by Gasteiger charge is -2.25. The largest absolute Gasteiger partial charge is 0.422 e. The number of fused-ring (bicyclic) bond motifs is 1. The minimum absolute atomic E-state index is 0.0864. The monoisotopic (exact) mass is 621 g/mol. The Hall–Kier alpha value is -5.42. The van der Waals surface area contributed by atoms with Gasteiger partial charge in [0.2, 0.25) is 0 Å². The first-order valence-electron chi connectivity index (χ1n) is 14.3. The molecule has 0 saturated heterocycles. The summed E-state index contributed by atoms with van der Waals surface area (Å²) in [5, 5.41) is 10.00. The van der Waals surface area contributed by atoms with Crippen LogP contribution < -0.4 is 25.6 Å². The number of hydrogen-bond donors (Lipinski definition) is 2. The van der Waals surface area contributed by atoms with E-state index in [-0.39, 0.29) is 10.9 Å². The molecular weight excluding hydrogens is 590 g/mol. The van der Waals surface area contributed by atoms with Gasteiger partial charge in [0.15, 0.2) is 0 Å². The highest BCUT2D eigenvalue weighted by Crippen LogP contribution is 2.37. The molecule has 1 unspecified atom stereocenters. The summed E-state index contributed by atoms with van der Waals surface area (Å²) in [6.07, 6.45) is 0.422. The van der Waals surface area contributed by atoms with Crippen molar-refractivity contribution in [3.63, 3.8) is 0 Å².